The Bertz CT molecular complexity index is 1230. The first-order valence-electron chi connectivity index (χ1n) is 14.9. The fraction of sp³-hybridized carbons (Fsp3) is 0.545. The molecule has 0 atom stereocenters. The fourth-order valence-corrected chi connectivity index (χ4v) is 4.37. The number of benzene rings is 2. The maximum Gasteiger partial charge on any atom is 0.278 e. The van der Waals surface area contributed by atoms with Crippen molar-refractivity contribution in [2.75, 3.05) is 26.1 Å². The molecule has 8 nitrogen and oxygen atoms in total. The molecule has 0 fully saturated rings. The van der Waals surface area contributed by atoms with Crippen molar-refractivity contribution in [3.63, 3.8) is 0 Å². The Hall–Kier alpha value is -3.55. The first kappa shape index (κ1) is 33.7. The molecule has 0 unspecified atom stereocenters. The minimum atomic E-state index is -0.354. The van der Waals surface area contributed by atoms with E-state index in [0.29, 0.717) is 40.9 Å². The molecule has 0 spiro atoms. The number of nitrogens with one attached hydrogen (secondary N) is 1. The molecular weight excluding hydrogens is 516 g/mol. The van der Waals surface area contributed by atoms with Gasteiger partial charge in [0.2, 0.25) is 0 Å². The van der Waals surface area contributed by atoms with Gasteiger partial charge in [0, 0.05) is 6.07 Å². The maximum absolute atomic E-state index is 13.4. The summed E-state index contributed by atoms with van der Waals surface area (Å²) < 4.78 is 18.6. The number of unbranched alkanes of at least 4 members (excludes halogenated alkanes) is 6. The Morgan fingerprint density at radius 2 is 1.56 bits per heavy atom. The zero-order valence-corrected chi connectivity index (χ0v) is 26.6. The molecule has 0 aliphatic rings. The van der Waals surface area contributed by atoms with Gasteiger partial charge in [-0.3, -0.25) is 4.79 Å². The lowest BCUT2D eigenvalue weighted by atomic mass is 9.87. The van der Waals surface area contributed by atoms with Gasteiger partial charge >= 0.3 is 0 Å². The van der Waals surface area contributed by atoms with E-state index in [1.54, 1.807) is 44.0 Å². The van der Waals surface area contributed by atoms with Gasteiger partial charge in [0.25, 0.3) is 5.91 Å². The van der Waals surface area contributed by atoms with Gasteiger partial charge in [-0.1, -0.05) is 91.3 Å². The molecule has 41 heavy (non-hydrogen) atoms. The molecule has 2 aromatic carbocycles. The Morgan fingerprint density at radius 3 is 2.20 bits per heavy atom. The van der Waals surface area contributed by atoms with E-state index in [4.69, 9.17) is 14.2 Å². The molecule has 1 heterocycles. The van der Waals surface area contributed by atoms with Crippen LogP contribution in [0.3, 0.4) is 0 Å². The van der Waals surface area contributed by atoms with Crippen molar-refractivity contribution in [2.24, 2.45) is 0 Å². The largest absolute Gasteiger partial charge is 0.497 e. The molecule has 0 saturated heterocycles. The van der Waals surface area contributed by atoms with E-state index in [0.717, 1.165) is 18.4 Å². The number of hydrogen-bond acceptors (Lipinski definition) is 6. The second-order valence-electron chi connectivity index (χ2n) is 10.9. The highest BCUT2D eigenvalue weighted by Gasteiger charge is 2.22. The third-order valence-electron chi connectivity index (χ3n) is 6.82. The van der Waals surface area contributed by atoms with Crippen LogP contribution in [0.1, 0.15) is 108 Å². The van der Waals surface area contributed by atoms with Crippen molar-refractivity contribution in [1.29, 1.82) is 0 Å². The van der Waals surface area contributed by atoms with Crippen LogP contribution < -0.4 is 19.5 Å². The third kappa shape index (κ3) is 9.51. The number of anilines is 1. The quantitative estimate of drug-likeness (QED) is 0.198. The average molecular weight is 567 g/mol. The van der Waals surface area contributed by atoms with E-state index in [2.05, 4.69) is 49.4 Å². The van der Waals surface area contributed by atoms with E-state index in [1.165, 1.54) is 32.1 Å². The highest BCUT2D eigenvalue weighted by Crippen LogP contribution is 2.33. The van der Waals surface area contributed by atoms with Gasteiger partial charge in [0.1, 0.15) is 22.9 Å². The predicted molar refractivity (Wildman–Crippen MR) is 167 cm³/mol. The number of carbonyl (C=O) groups excluding carboxylic acids is 1. The van der Waals surface area contributed by atoms with Gasteiger partial charge in [-0.05, 0) is 48.6 Å². The van der Waals surface area contributed by atoms with Crippen molar-refractivity contribution >= 4 is 11.6 Å². The van der Waals surface area contributed by atoms with E-state index in [9.17, 15) is 4.79 Å². The normalized spacial score (nSPS) is 11.0. The van der Waals surface area contributed by atoms with Crippen molar-refractivity contribution in [1.82, 2.24) is 15.0 Å². The monoisotopic (exact) mass is 566 g/mol. The molecule has 3 rings (SSSR count). The van der Waals surface area contributed by atoms with Gasteiger partial charge in [0.05, 0.1) is 32.2 Å². The standard InChI is InChI=1S/C31H44N4O4.C2H6/c1-8-9-10-11-12-13-14-19-39-27-17-15-23(31(3,4)5)20-25(27)32-30(36)29-22(2)35(34-33-29)26-21-24(37-6)16-18-28(26)38-7;1-2/h15-18,20-21H,8-14,19H2,1-7H3,(H,32,36);1-2H3. The summed E-state index contributed by atoms with van der Waals surface area (Å²) in [6.45, 7) is 15.1. The molecule has 1 aromatic heterocycles. The molecular formula is C33H50N4O4. The summed E-state index contributed by atoms with van der Waals surface area (Å²) in [5.74, 6) is 1.54. The van der Waals surface area contributed by atoms with Crippen LogP contribution in [-0.4, -0.2) is 41.7 Å². The fourth-order valence-electron chi connectivity index (χ4n) is 4.37. The topological polar surface area (TPSA) is 87.5 Å². The van der Waals surface area contributed by atoms with Crippen LogP contribution >= 0.6 is 0 Å². The minimum Gasteiger partial charge on any atom is -0.497 e. The van der Waals surface area contributed by atoms with Gasteiger partial charge in [-0.15, -0.1) is 5.10 Å². The number of rotatable bonds is 14. The van der Waals surface area contributed by atoms with Crippen molar-refractivity contribution < 1.29 is 19.0 Å². The lowest BCUT2D eigenvalue weighted by Gasteiger charge is -2.21. The highest BCUT2D eigenvalue weighted by atomic mass is 16.5. The number of ether oxygens (including phenoxy) is 3. The highest BCUT2D eigenvalue weighted by molar-refractivity contribution is 6.04. The summed E-state index contributed by atoms with van der Waals surface area (Å²) in [5, 5.41) is 11.5. The predicted octanol–water partition coefficient (Wildman–Crippen LogP) is 8.30. The van der Waals surface area contributed by atoms with Gasteiger partial charge in [-0.2, -0.15) is 0 Å². The first-order chi connectivity index (χ1) is 19.7. The van der Waals surface area contributed by atoms with Gasteiger partial charge in [-0.25, -0.2) is 4.68 Å². The maximum atomic E-state index is 13.4. The molecule has 1 N–H and O–H groups in total. The molecule has 0 aliphatic carbocycles. The van der Waals surface area contributed by atoms with Crippen LogP contribution in [0.5, 0.6) is 17.2 Å². The zero-order chi connectivity index (χ0) is 30.4. The molecule has 226 valence electrons. The number of amides is 1. The molecule has 8 heteroatoms. The second-order valence-corrected chi connectivity index (χ2v) is 10.9. The van der Waals surface area contributed by atoms with Crippen LogP contribution in [0.2, 0.25) is 0 Å². The van der Waals surface area contributed by atoms with E-state index in [1.807, 2.05) is 26.0 Å². The molecule has 1 amide bonds. The number of nitrogens with zero attached hydrogens (tertiary/aromatic N) is 3. The number of methoxy groups -OCH3 is 2. The lowest BCUT2D eigenvalue weighted by Crippen LogP contribution is -2.17. The average Bonchev–Trinajstić information content (AvgIpc) is 3.36. The number of hydrogen-bond donors (Lipinski definition) is 1. The Morgan fingerprint density at radius 1 is 0.902 bits per heavy atom. The van der Waals surface area contributed by atoms with Gasteiger partial charge < -0.3 is 19.5 Å². The molecule has 0 saturated carbocycles. The zero-order valence-electron chi connectivity index (χ0n) is 26.6. The SMILES string of the molecule is CC.CCCCCCCCCOc1ccc(C(C)(C)C)cc1NC(=O)c1nnn(-c2cc(OC)ccc2OC)c1C. The van der Waals surface area contributed by atoms with Crippen LogP contribution in [0.25, 0.3) is 5.69 Å². The summed E-state index contributed by atoms with van der Waals surface area (Å²) >= 11 is 0. The molecule has 0 bridgehead atoms. The lowest BCUT2D eigenvalue weighted by molar-refractivity contribution is 0.102. The van der Waals surface area contributed by atoms with E-state index < -0.39 is 0 Å². The molecule has 3 aromatic rings. The summed E-state index contributed by atoms with van der Waals surface area (Å²) in [7, 11) is 3.18. The summed E-state index contributed by atoms with van der Waals surface area (Å²) in [5.41, 5.74) is 3.08. The third-order valence-corrected chi connectivity index (χ3v) is 6.82. The van der Waals surface area contributed by atoms with Crippen LogP contribution in [0.15, 0.2) is 36.4 Å². The second kappa shape index (κ2) is 16.7. The summed E-state index contributed by atoms with van der Waals surface area (Å²) in [6, 6.07) is 11.4. The Labute approximate surface area is 246 Å². The van der Waals surface area contributed by atoms with Crippen molar-refractivity contribution in [3.8, 4) is 22.9 Å². The van der Waals surface area contributed by atoms with Crippen LogP contribution in [-0.2, 0) is 5.41 Å². The van der Waals surface area contributed by atoms with E-state index in [-0.39, 0.29) is 17.0 Å². The van der Waals surface area contributed by atoms with Crippen molar-refractivity contribution in [2.45, 2.75) is 98.8 Å². The molecule has 0 radical (unpaired) electrons. The molecule has 0 aliphatic heterocycles. The number of aromatic nitrogens is 3. The smallest absolute Gasteiger partial charge is 0.278 e. The minimum absolute atomic E-state index is 0.0849. The Balaban J connectivity index is 0.00000287. The van der Waals surface area contributed by atoms with E-state index >= 15 is 0 Å². The van der Waals surface area contributed by atoms with Crippen LogP contribution in [0, 0.1) is 6.92 Å². The summed E-state index contributed by atoms with van der Waals surface area (Å²) in [6.07, 6.45) is 8.49. The summed E-state index contributed by atoms with van der Waals surface area (Å²) in [4.78, 5) is 13.4. The van der Waals surface area contributed by atoms with Gasteiger partial charge in [0.15, 0.2) is 5.69 Å². The Kier molecular flexibility index (Phi) is 13.7. The first-order valence-corrected chi connectivity index (χ1v) is 14.9. The van der Waals surface area contributed by atoms with Crippen LogP contribution in [0.4, 0.5) is 5.69 Å². The van der Waals surface area contributed by atoms with Crippen molar-refractivity contribution in [3.05, 3.63) is 53.3 Å². The number of carbonyl (C=O) groups is 1.